The zero-order valence-electron chi connectivity index (χ0n) is 19.1. The van der Waals surface area contributed by atoms with Crippen LogP contribution in [0.15, 0.2) is 35.9 Å². The number of nitro benzene ring substituents is 2. The number of hydrogen-bond acceptors (Lipinski definition) is 8. The van der Waals surface area contributed by atoms with Gasteiger partial charge in [-0.25, -0.2) is 4.79 Å². The van der Waals surface area contributed by atoms with Gasteiger partial charge in [-0.1, -0.05) is 39.0 Å². The molecule has 0 N–H and O–H groups in total. The van der Waals surface area contributed by atoms with Gasteiger partial charge in [-0.05, 0) is 29.2 Å². The summed E-state index contributed by atoms with van der Waals surface area (Å²) in [5.41, 5.74) is -0.292. The highest BCUT2D eigenvalue weighted by Crippen LogP contribution is 2.49. The molecule has 10 nitrogen and oxygen atoms in total. The van der Waals surface area contributed by atoms with Crippen LogP contribution >= 0.6 is 0 Å². The quantitative estimate of drug-likeness (QED) is 0.116. The van der Waals surface area contributed by atoms with Gasteiger partial charge in [0.2, 0.25) is 0 Å². The van der Waals surface area contributed by atoms with Crippen LogP contribution in [-0.4, -0.2) is 22.4 Å². The van der Waals surface area contributed by atoms with Crippen LogP contribution in [0.4, 0.5) is 11.4 Å². The van der Waals surface area contributed by atoms with Crippen LogP contribution in [0.3, 0.4) is 0 Å². The van der Waals surface area contributed by atoms with Gasteiger partial charge in [0.25, 0.3) is 11.4 Å². The molecule has 1 aliphatic rings. The van der Waals surface area contributed by atoms with Gasteiger partial charge in [-0.3, -0.25) is 20.2 Å². The second kappa shape index (κ2) is 11.0. The van der Waals surface area contributed by atoms with Crippen molar-refractivity contribution in [2.75, 3.05) is 6.61 Å². The van der Waals surface area contributed by atoms with Crippen LogP contribution in [0.1, 0.15) is 66.9 Å². The fourth-order valence-corrected chi connectivity index (χ4v) is 4.13. The fraction of sp³-hybridized carbons (Fsp3) is 0.320. The van der Waals surface area contributed by atoms with Crippen molar-refractivity contribution in [3.8, 4) is 23.3 Å². The predicted molar refractivity (Wildman–Crippen MR) is 126 cm³/mol. The van der Waals surface area contributed by atoms with Crippen molar-refractivity contribution in [3.63, 3.8) is 0 Å². The zero-order chi connectivity index (χ0) is 25.5. The molecule has 3 rings (SSSR count). The molecule has 0 radical (unpaired) electrons. The van der Waals surface area contributed by atoms with Gasteiger partial charge >= 0.3 is 5.97 Å². The van der Waals surface area contributed by atoms with Crippen molar-refractivity contribution in [2.45, 2.75) is 45.4 Å². The lowest BCUT2D eigenvalue weighted by atomic mass is 9.96. The van der Waals surface area contributed by atoms with Gasteiger partial charge < -0.3 is 4.74 Å². The van der Waals surface area contributed by atoms with E-state index in [0.29, 0.717) is 12.0 Å². The highest BCUT2D eigenvalue weighted by Gasteiger charge is 2.34. The smallest absolute Gasteiger partial charge is 0.339 e. The first-order valence-corrected chi connectivity index (χ1v) is 11.2. The number of hydrogen-bond donors (Lipinski definition) is 0. The second-order valence-electron chi connectivity index (χ2n) is 8.04. The van der Waals surface area contributed by atoms with E-state index in [1.54, 1.807) is 12.1 Å². The standard InChI is InChI=1S/C25H22N4O6/c1-2-3-4-5-6-7-10-35-25(30)22-13-18(29(33)34)12-21-23(16(14-26)15-27)20-11-17(28(31)32)8-9-19(20)24(21)22/h8-9,11-13H,2-7,10H2,1H3. The molecule has 0 saturated heterocycles. The number of esters is 1. The lowest BCUT2D eigenvalue weighted by molar-refractivity contribution is -0.385. The molecular formula is C25H22N4O6. The van der Waals surface area contributed by atoms with E-state index in [9.17, 15) is 35.5 Å². The topological polar surface area (TPSA) is 160 Å². The van der Waals surface area contributed by atoms with E-state index in [0.717, 1.165) is 44.2 Å². The van der Waals surface area contributed by atoms with E-state index < -0.39 is 21.5 Å². The minimum Gasteiger partial charge on any atom is -0.462 e. The summed E-state index contributed by atoms with van der Waals surface area (Å²) in [5.74, 6) is -0.778. The maximum atomic E-state index is 13.0. The average molecular weight is 474 g/mol. The molecule has 1 aliphatic carbocycles. The highest BCUT2D eigenvalue weighted by molar-refractivity contribution is 6.11. The SMILES string of the molecule is CCCCCCCCOC(=O)c1cc([N+](=O)[O-])cc2c1-c1ccc([N+](=O)[O-])cc1C2=C(C#N)C#N. The Morgan fingerprint density at radius 2 is 1.51 bits per heavy atom. The maximum absolute atomic E-state index is 13.0. The molecule has 0 aromatic heterocycles. The maximum Gasteiger partial charge on any atom is 0.339 e. The van der Waals surface area contributed by atoms with E-state index >= 15 is 0 Å². The number of nitriles is 2. The molecule has 0 saturated carbocycles. The first kappa shape index (κ1) is 25.1. The van der Waals surface area contributed by atoms with Crippen LogP contribution in [0.2, 0.25) is 0 Å². The number of nitrogens with zero attached hydrogens (tertiary/aromatic N) is 4. The van der Waals surface area contributed by atoms with Crippen LogP contribution < -0.4 is 0 Å². The van der Waals surface area contributed by atoms with Gasteiger partial charge in [0.1, 0.15) is 17.7 Å². The Labute approximate surface area is 201 Å². The number of unbranched alkanes of at least 4 members (excludes halogenated alkanes) is 5. The van der Waals surface area contributed by atoms with E-state index in [-0.39, 0.29) is 45.7 Å². The normalized spacial score (nSPS) is 11.1. The van der Waals surface area contributed by atoms with Gasteiger partial charge in [-0.2, -0.15) is 10.5 Å². The lowest BCUT2D eigenvalue weighted by Crippen LogP contribution is -2.09. The Bertz CT molecular complexity index is 1300. The average Bonchev–Trinajstić information content (AvgIpc) is 3.17. The molecule has 0 unspecified atom stereocenters. The third-order valence-corrected chi connectivity index (χ3v) is 5.78. The van der Waals surface area contributed by atoms with E-state index in [1.165, 1.54) is 18.2 Å². The molecule has 0 spiro atoms. The number of fused-ring (bicyclic) bond motifs is 3. The number of carbonyl (C=O) groups is 1. The summed E-state index contributed by atoms with van der Waals surface area (Å²) in [6.45, 7) is 2.26. The third kappa shape index (κ3) is 5.17. The van der Waals surface area contributed by atoms with Crippen molar-refractivity contribution < 1.29 is 19.4 Å². The molecule has 2 aromatic carbocycles. The third-order valence-electron chi connectivity index (χ3n) is 5.78. The van der Waals surface area contributed by atoms with E-state index in [2.05, 4.69) is 6.92 Å². The Balaban J connectivity index is 2.08. The van der Waals surface area contributed by atoms with Crippen molar-refractivity contribution in [3.05, 3.63) is 72.8 Å². The summed E-state index contributed by atoms with van der Waals surface area (Å²) < 4.78 is 5.40. The molecule has 10 heteroatoms. The van der Waals surface area contributed by atoms with Crippen molar-refractivity contribution in [1.82, 2.24) is 0 Å². The fourth-order valence-electron chi connectivity index (χ4n) is 4.13. The summed E-state index contributed by atoms with van der Waals surface area (Å²) >= 11 is 0. The minimum absolute atomic E-state index is 0.0115. The van der Waals surface area contributed by atoms with Gasteiger partial charge in [0, 0.05) is 35.4 Å². The number of non-ortho nitro benzene ring substituents is 2. The summed E-state index contributed by atoms with van der Waals surface area (Å²) in [5, 5.41) is 42.0. The number of benzene rings is 2. The molecule has 0 heterocycles. The van der Waals surface area contributed by atoms with E-state index in [4.69, 9.17) is 4.74 Å². The van der Waals surface area contributed by atoms with Crippen LogP contribution in [-0.2, 0) is 4.74 Å². The summed E-state index contributed by atoms with van der Waals surface area (Å²) in [6.07, 6.45) is 5.90. The summed E-state index contributed by atoms with van der Waals surface area (Å²) in [7, 11) is 0. The summed E-state index contributed by atoms with van der Waals surface area (Å²) in [6, 6.07) is 9.58. The number of carbonyl (C=O) groups excluding carboxylic acids is 1. The Morgan fingerprint density at radius 3 is 2.14 bits per heavy atom. The molecular weight excluding hydrogens is 452 g/mol. The molecule has 0 bridgehead atoms. The molecule has 0 atom stereocenters. The van der Waals surface area contributed by atoms with Crippen LogP contribution in [0.5, 0.6) is 0 Å². The number of rotatable bonds is 10. The lowest BCUT2D eigenvalue weighted by Gasteiger charge is -2.10. The van der Waals surface area contributed by atoms with Crippen molar-refractivity contribution >= 4 is 22.9 Å². The molecule has 2 aromatic rings. The minimum atomic E-state index is -0.778. The van der Waals surface area contributed by atoms with Gasteiger partial charge in [-0.15, -0.1) is 0 Å². The van der Waals surface area contributed by atoms with Gasteiger partial charge in [0.05, 0.1) is 22.0 Å². The molecule has 0 aliphatic heterocycles. The molecule has 178 valence electrons. The number of ether oxygens (including phenoxy) is 1. The predicted octanol–water partition coefficient (Wildman–Crippen LogP) is 5.85. The highest BCUT2D eigenvalue weighted by atomic mass is 16.6. The van der Waals surface area contributed by atoms with Crippen LogP contribution in [0.25, 0.3) is 16.7 Å². The largest absolute Gasteiger partial charge is 0.462 e. The van der Waals surface area contributed by atoms with Crippen molar-refractivity contribution in [1.29, 1.82) is 10.5 Å². The Hall–Kier alpha value is -4.57. The Kier molecular flexibility index (Phi) is 7.90. The molecule has 35 heavy (non-hydrogen) atoms. The van der Waals surface area contributed by atoms with Gasteiger partial charge in [0.15, 0.2) is 0 Å². The van der Waals surface area contributed by atoms with E-state index in [1.807, 2.05) is 0 Å². The van der Waals surface area contributed by atoms with Crippen molar-refractivity contribution in [2.24, 2.45) is 0 Å². The monoisotopic (exact) mass is 474 g/mol. The Morgan fingerprint density at radius 1 is 0.886 bits per heavy atom. The number of allylic oxidation sites excluding steroid dienone is 1. The van der Waals surface area contributed by atoms with Crippen LogP contribution in [0, 0.1) is 42.9 Å². The number of nitro groups is 2. The molecule has 0 fully saturated rings. The zero-order valence-corrected chi connectivity index (χ0v) is 19.1. The first-order chi connectivity index (χ1) is 16.8. The first-order valence-electron chi connectivity index (χ1n) is 11.2. The summed E-state index contributed by atoms with van der Waals surface area (Å²) in [4.78, 5) is 34.6. The molecule has 0 amide bonds. The second-order valence-corrected chi connectivity index (χ2v) is 8.04.